The van der Waals surface area contributed by atoms with Gasteiger partial charge in [0.05, 0.1) is 23.7 Å². The van der Waals surface area contributed by atoms with Gasteiger partial charge in [-0.1, -0.05) is 23.2 Å². The molecule has 0 spiro atoms. The van der Waals surface area contributed by atoms with E-state index in [4.69, 9.17) is 27.9 Å². The van der Waals surface area contributed by atoms with E-state index in [0.717, 1.165) is 4.31 Å². The summed E-state index contributed by atoms with van der Waals surface area (Å²) in [5.74, 6) is -0.458. The highest BCUT2D eigenvalue weighted by atomic mass is 35.5. The van der Waals surface area contributed by atoms with E-state index in [2.05, 4.69) is 5.32 Å². The summed E-state index contributed by atoms with van der Waals surface area (Å²) in [6.45, 7) is 2.26. The summed E-state index contributed by atoms with van der Waals surface area (Å²) in [6.07, 6.45) is 0. The molecule has 1 amide bonds. The largest absolute Gasteiger partial charge is 0.378 e. The highest BCUT2D eigenvalue weighted by Crippen LogP contribution is 2.28. The van der Waals surface area contributed by atoms with Gasteiger partial charge in [-0.25, -0.2) is 12.7 Å². The number of hydrogen-bond donors (Lipinski definition) is 1. The van der Waals surface area contributed by atoms with Crippen molar-refractivity contribution < 1.29 is 17.9 Å². The summed E-state index contributed by atoms with van der Waals surface area (Å²) in [7, 11) is -0.812. The molecule has 10 heteroatoms. The van der Waals surface area contributed by atoms with Gasteiger partial charge in [-0.05, 0) is 36.4 Å². The number of benzene rings is 2. The van der Waals surface area contributed by atoms with Crippen LogP contribution in [0.2, 0.25) is 10.0 Å². The molecule has 2 aromatic rings. The maximum atomic E-state index is 13.1. The molecule has 0 aliphatic carbocycles. The van der Waals surface area contributed by atoms with Crippen molar-refractivity contribution in [3.63, 3.8) is 0 Å². The Labute approximate surface area is 180 Å². The van der Waals surface area contributed by atoms with Gasteiger partial charge in [0.15, 0.2) is 0 Å². The smallest absolute Gasteiger partial charge is 0.257 e. The molecule has 1 aliphatic heterocycles. The first-order valence-corrected chi connectivity index (χ1v) is 11.0. The molecule has 1 fully saturated rings. The second-order valence-electron chi connectivity index (χ2n) is 6.68. The van der Waals surface area contributed by atoms with E-state index >= 15 is 0 Å². The van der Waals surface area contributed by atoms with Crippen LogP contribution in [0.25, 0.3) is 0 Å². The summed E-state index contributed by atoms with van der Waals surface area (Å²) in [5, 5.41) is 3.51. The van der Waals surface area contributed by atoms with Crippen LogP contribution in [-0.4, -0.2) is 59.0 Å². The predicted molar refractivity (Wildman–Crippen MR) is 115 cm³/mol. The van der Waals surface area contributed by atoms with Crippen molar-refractivity contribution in [3.05, 3.63) is 52.0 Å². The van der Waals surface area contributed by atoms with Crippen LogP contribution in [0.5, 0.6) is 0 Å². The molecule has 1 N–H and O–H groups in total. The highest BCUT2D eigenvalue weighted by molar-refractivity contribution is 7.89. The first kappa shape index (κ1) is 21.9. The fourth-order valence-electron chi connectivity index (χ4n) is 2.97. The third-order valence-corrected chi connectivity index (χ3v) is 6.71. The lowest BCUT2D eigenvalue weighted by atomic mass is 10.1. The van der Waals surface area contributed by atoms with Gasteiger partial charge in [-0.3, -0.25) is 4.79 Å². The van der Waals surface area contributed by atoms with Crippen LogP contribution >= 0.6 is 23.2 Å². The zero-order chi connectivity index (χ0) is 21.2. The average Bonchev–Trinajstić information content (AvgIpc) is 2.67. The Bertz CT molecular complexity index is 1000. The van der Waals surface area contributed by atoms with Crippen molar-refractivity contribution in [2.75, 3.05) is 50.6 Å². The lowest BCUT2D eigenvalue weighted by molar-refractivity contribution is 0.102. The molecule has 0 saturated carbocycles. The molecule has 29 heavy (non-hydrogen) atoms. The number of nitrogens with zero attached hydrogens (tertiary/aromatic N) is 2. The number of nitrogens with one attached hydrogen (secondary N) is 1. The number of carbonyl (C=O) groups is 1. The molecular weight excluding hydrogens is 437 g/mol. The van der Waals surface area contributed by atoms with E-state index in [1.165, 1.54) is 26.2 Å². The van der Waals surface area contributed by atoms with Gasteiger partial charge in [0.25, 0.3) is 5.91 Å². The van der Waals surface area contributed by atoms with Crippen LogP contribution in [-0.2, 0) is 14.8 Å². The second-order valence-corrected chi connectivity index (χ2v) is 9.70. The summed E-state index contributed by atoms with van der Waals surface area (Å²) < 4.78 is 31.6. The number of morpholine rings is 1. The molecule has 0 aromatic heterocycles. The molecule has 1 saturated heterocycles. The maximum Gasteiger partial charge on any atom is 0.257 e. The standard InChI is InChI=1S/C19H21Cl2N3O4S/c1-23(2)29(26,27)16-3-4-18(24-5-7-28-8-6-24)17(12-16)19(25)22-15-10-13(20)9-14(21)11-15/h3-4,9-12H,5-8H2,1-2H3,(H,22,25). The summed E-state index contributed by atoms with van der Waals surface area (Å²) in [4.78, 5) is 15.1. The monoisotopic (exact) mass is 457 g/mol. The Balaban J connectivity index is 2.03. The predicted octanol–water partition coefficient (Wildman–Crippen LogP) is 3.33. The average molecular weight is 458 g/mol. The van der Waals surface area contributed by atoms with Crippen molar-refractivity contribution in [1.29, 1.82) is 0 Å². The Morgan fingerprint density at radius 1 is 1.07 bits per heavy atom. The van der Waals surface area contributed by atoms with E-state index < -0.39 is 15.9 Å². The molecule has 0 radical (unpaired) electrons. The van der Waals surface area contributed by atoms with Crippen LogP contribution < -0.4 is 10.2 Å². The van der Waals surface area contributed by atoms with Gasteiger partial charge in [-0.15, -0.1) is 0 Å². The van der Waals surface area contributed by atoms with Gasteiger partial charge in [0.2, 0.25) is 10.0 Å². The second kappa shape index (κ2) is 8.89. The molecule has 2 aromatic carbocycles. The molecule has 7 nitrogen and oxygen atoms in total. The maximum absolute atomic E-state index is 13.1. The van der Waals surface area contributed by atoms with E-state index in [1.54, 1.807) is 24.3 Å². The molecule has 0 atom stereocenters. The van der Waals surface area contributed by atoms with Crippen molar-refractivity contribution >= 4 is 50.5 Å². The minimum atomic E-state index is -3.70. The Hall–Kier alpha value is -1.84. The third-order valence-electron chi connectivity index (χ3n) is 4.46. The van der Waals surface area contributed by atoms with E-state index in [1.807, 2.05) is 4.90 Å². The van der Waals surface area contributed by atoms with Crippen LogP contribution in [0.4, 0.5) is 11.4 Å². The van der Waals surface area contributed by atoms with Crippen LogP contribution in [0.15, 0.2) is 41.3 Å². The minimum Gasteiger partial charge on any atom is -0.378 e. The number of hydrogen-bond acceptors (Lipinski definition) is 5. The van der Waals surface area contributed by atoms with E-state index in [9.17, 15) is 13.2 Å². The Kier molecular flexibility index (Phi) is 6.70. The number of ether oxygens (including phenoxy) is 1. The quantitative estimate of drug-likeness (QED) is 0.744. The van der Waals surface area contributed by atoms with Gasteiger partial charge < -0.3 is 15.0 Å². The van der Waals surface area contributed by atoms with Gasteiger partial charge in [0, 0.05) is 48.6 Å². The number of rotatable bonds is 5. The zero-order valence-electron chi connectivity index (χ0n) is 16.0. The van der Waals surface area contributed by atoms with Gasteiger partial charge >= 0.3 is 0 Å². The molecular formula is C19H21Cl2N3O4S. The summed E-state index contributed by atoms with van der Waals surface area (Å²) >= 11 is 12.0. The minimum absolute atomic E-state index is 0.0359. The topological polar surface area (TPSA) is 79.0 Å². The van der Waals surface area contributed by atoms with Gasteiger partial charge in [0.1, 0.15) is 0 Å². The molecule has 0 bridgehead atoms. The van der Waals surface area contributed by atoms with E-state index in [-0.39, 0.29) is 10.5 Å². The molecule has 1 heterocycles. The molecule has 0 unspecified atom stereocenters. The normalized spacial score (nSPS) is 14.9. The molecule has 1 aliphatic rings. The fourth-order valence-corrected chi connectivity index (χ4v) is 4.43. The van der Waals surface area contributed by atoms with Crippen LogP contribution in [0, 0.1) is 0 Å². The Morgan fingerprint density at radius 3 is 2.28 bits per heavy atom. The van der Waals surface area contributed by atoms with Crippen molar-refractivity contribution in [1.82, 2.24) is 4.31 Å². The zero-order valence-corrected chi connectivity index (χ0v) is 18.3. The fraction of sp³-hybridized carbons (Fsp3) is 0.316. The first-order chi connectivity index (χ1) is 13.7. The van der Waals surface area contributed by atoms with Crippen LogP contribution in [0.1, 0.15) is 10.4 Å². The van der Waals surface area contributed by atoms with Crippen molar-refractivity contribution in [2.45, 2.75) is 4.90 Å². The lowest BCUT2D eigenvalue weighted by Crippen LogP contribution is -2.37. The third kappa shape index (κ3) is 5.02. The molecule has 156 valence electrons. The SMILES string of the molecule is CN(C)S(=O)(=O)c1ccc(N2CCOCC2)c(C(=O)Nc2cc(Cl)cc(Cl)c2)c1. The van der Waals surface area contributed by atoms with Crippen molar-refractivity contribution in [2.24, 2.45) is 0 Å². The summed E-state index contributed by atoms with van der Waals surface area (Å²) in [6, 6.07) is 9.25. The number of sulfonamides is 1. The van der Waals surface area contributed by atoms with Crippen molar-refractivity contribution in [3.8, 4) is 0 Å². The number of carbonyl (C=O) groups excluding carboxylic acids is 1. The van der Waals surface area contributed by atoms with Crippen LogP contribution in [0.3, 0.4) is 0 Å². The van der Waals surface area contributed by atoms with Gasteiger partial charge in [-0.2, -0.15) is 0 Å². The Morgan fingerprint density at radius 2 is 1.69 bits per heavy atom. The highest BCUT2D eigenvalue weighted by Gasteiger charge is 2.24. The lowest BCUT2D eigenvalue weighted by Gasteiger charge is -2.30. The molecule has 3 rings (SSSR count). The first-order valence-electron chi connectivity index (χ1n) is 8.85. The number of amides is 1. The van der Waals surface area contributed by atoms with E-state index in [0.29, 0.717) is 47.7 Å². The number of halogens is 2. The summed E-state index contributed by atoms with van der Waals surface area (Å²) in [5.41, 5.74) is 1.30. The number of anilines is 2.